The van der Waals surface area contributed by atoms with Gasteiger partial charge in [-0.15, -0.1) is 20.2 Å². The Morgan fingerprint density at radius 2 is 1.74 bits per heavy atom. The molecule has 0 radical (unpaired) electrons. The van der Waals surface area contributed by atoms with Crippen LogP contribution in [0.15, 0.2) is 30.5 Å². The number of aromatic nitrogens is 1. The van der Waals surface area contributed by atoms with E-state index in [1.54, 1.807) is 24.3 Å². The number of fused-ring (bicyclic) bond motifs is 1. The lowest BCUT2D eigenvalue weighted by Crippen LogP contribution is -2.52. The van der Waals surface area contributed by atoms with E-state index in [0.29, 0.717) is 21.7 Å². The second kappa shape index (κ2) is 9.03. The molecule has 2 aromatic rings. The van der Waals surface area contributed by atoms with Gasteiger partial charge in [0, 0.05) is 35.1 Å². The lowest BCUT2D eigenvalue weighted by atomic mass is 9.98. The number of carboxylic acids is 1. The maximum atomic E-state index is 12.2. The Kier molecular flexibility index (Phi) is 6.25. The van der Waals surface area contributed by atoms with Gasteiger partial charge in [0.15, 0.2) is 11.4 Å². The minimum atomic E-state index is -2.30. The first kappa shape index (κ1) is 24.2. The van der Waals surface area contributed by atoms with Crippen LogP contribution in [0.25, 0.3) is 0 Å². The molecule has 1 aromatic heterocycles. The lowest BCUT2D eigenvalue weighted by Gasteiger charge is -2.31. The zero-order valence-corrected chi connectivity index (χ0v) is 18.7. The van der Waals surface area contributed by atoms with Crippen molar-refractivity contribution in [3.05, 3.63) is 78.1 Å². The monoisotopic (exact) mass is 511 g/mol. The van der Waals surface area contributed by atoms with E-state index in [9.17, 15) is 35.3 Å². The van der Waals surface area contributed by atoms with Crippen molar-refractivity contribution in [1.29, 1.82) is 0 Å². The molecule has 0 spiro atoms. The number of carbonyl (C=O) groups is 1. The number of ether oxygens (including phenoxy) is 2. The van der Waals surface area contributed by atoms with Gasteiger partial charge in [-0.3, -0.25) is 5.21 Å². The first-order valence-electron chi connectivity index (χ1n) is 10.2. The number of benzene rings is 1. The van der Waals surface area contributed by atoms with Gasteiger partial charge in [0.2, 0.25) is 6.20 Å². The van der Waals surface area contributed by atoms with Crippen LogP contribution in [0, 0.1) is 27.2 Å². The van der Waals surface area contributed by atoms with Crippen LogP contribution in [0.2, 0.25) is 5.02 Å². The summed E-state index contributed by atoms with van der Waals surface area (Å²) in [6.07, 6.45) is -3.87. The molecule has 0 bridgehead atoms. The fourth-order valence-electron chi connectivity index (χ4n) is 4.35. The minimum Gasteiger partial charge on any atom is -0.546 e. The van der Waals surface area contributed by atoms with Crippen LogP contribution in [0.3, 0.4) is 0 Å². The van der Waals surface area contributed by atoms with Crippen molar-refractivity contribution >= 4 is 17.6 Å². The SMILES string of the molecule is Cc1c(OC2(C(=O)[O-])C[C@H](O[N+](=O)[O-])[C@H](O[N+](=O)[O-])C2)c2c(c[n+]1O)C(c1ccc(Cl)cc1)OC2. The third-order valence-corrected chi connectivity index (χ3v) is 6.25. The molecule has 1 aromatic carbocycles. The molecule has 14 nitrogen and oxygen atoms in total. The molecule has 0 saturated heterocycles. The Morgan fingerprint density at radius 3 is 2.26 bits per heavy atom. The number of pyridine rings is 1. The molecule has 1 fully saturated rings. The Balaban J connectivity index is 1.73. The first-order valence-corrected chi connectivity index (χ1v) is 10.6. The Hall–Kier alpha value is -3.91. The summed E-state index contributed by atoms with van der Waals surface area (Å²) in [6.45, 7) is 1.42. The highest BCUT2D eigenvalue weighted by molar-refractivity contribution is 6.30. The van der Waals surface area contributed by atoms with Gasteiger partial charge in [-0.1, -0.05) is 23.7 Å². The van der Waals surface area contributed by atoms with Crippen LogP contribution >= 0.6 is 11.6 Å². The van der Waals surface area contributed by atoms with Crippen molar-refractivity contribution in [2.24, 2.45) is 0 Å². The Morgan fingerprint density at radius 1 is 1.17 bits per heavy atom. The molecule has 0 amide bonds. The van der Waals surface area contributed by atoms with E-state index in [4.69, 9.17) is 21.1 Å². The topological polar surface area (TPSA) is 187 Å². The number of rotatable bonds is 8. The third-order valence-electron chi connectivity index (χ3n) is 5.99. The molecule has 2 heterocycles. The molecule has 1 aliphatic carbocycles. The summed E-state index contributed by atoms with van der Waals surface area (Å²) < 4.78 is 12.4. The first-order chi connectivity index (χ1) is 16.5. The second-order valence-electron chi connectivity index (χ2n) is 8.09. The molecular formula is C20H18ClN3O11. The number of carbonyl (C=O) groups excluding carboxylic acids is 1. The predicted octanol–water partition coefficient (Wildman–Crippen LogP) is 0.608. The van der Waals surface area contributed by atoms with E-state index in [2.05, 4.69) is 9.68 Å². The van der Waals surface area contributed by atoms with Crippen LogP contribution in [0.4, 0.5) is 0 Å². The van der Waals surface area contributed by atoms with E-state index < -0.39 is 52.9 Å². The van der Waals surface area contributed by atoms with Crippen LogP contribution in [-0.2, 0) is 25.8 Å². The van der Waals surface area contributed by atoms with Gasteiger partial charge in [0.25, 0.3) is 15.9 Å². The van der Waals surface area contributed by atoms with E-state index in [-0.39, 0.29) is 18.1 Å². The van der Waals surface area contributed by atoms with Gasteiger partial charge < -0.3 is 29.0 Å². The number of hydrogen-bond acceptors (Lipinski definition) is 11. The van der Waals surface area contributed by atoms with Crippen LogP contribution < -0.4 is 14.6 Å². The number of hydrogen-bond donors (Lipinski definition) is 1. The molecule has 1 aliphatic heterocycles. The summed E-state index contributed by atoms with van der Waals surface area (Å²) in [5.74, 6) is -1.87. The molecule has 2 unspecified atom stereocenters. The molecular weight excluding hydrogens is 494 g/mol. The number of carboxylic acid groups (broad SMARTS) is 1. The molecule has 2 aliphatic rings. The summed E-state index contributed by atoms with van der Waals surface area (Å²) in [5, 5.41) is 42.5. The maximum Gasteiger partial charge on any atom is 0.294 e. The number of nitrogens with zero attached hydrogens (tertiary/aromatic N) is 3. The highest BCUT2D eigenvalue weighted by atomic mass is 35.5. The fourth-order valence-corrected chi connectivity index (χ4v) is 4.48. The normalized spacial score (nSPS) is 25.0. The zero-order chi connectivity index (χ0) is 25.5. The summed E-state index contributed by atoms with van der Waals surface area (Å²) in [6, 6.07) is 6.77. The van der Waals surface area contributed by atoms with Crippen LogP contribution in [-0.4, -0.2) is 39.2 Å². The minimum absolute atomic E-state index is 0.0214. The number of halogens is 1. The highest BCUT2D eigenvalue weighted by Gasteiger charge is 2.53. The summed E-state index contributed by atoms with van der Waals surface area (Å²) in [5.41, 5.74) is -0.614. The standard InChI is InChI=1S/C20H18ClN3O11/c1-10-17(14-9-32-18(13(14)8-22(10)27)11-2-4-12(21)5-3-11)33-20(19(25)26)6-15(34-23(28)29)16(7-20)35-24(30)31/h2-5,8,15-16,18H,6-7,9H2,1H3,(H-,25,26,27)/t15-,16+,18?,20?. The van der Waals surface area contributed by atoms with Gasteiger partial charge in [0.1, 0.15) is 18.3 Å². The zero-order valence-electron chi connectivity index (χ0n) is 18.0. The average Bonchev–Trinajstić information content (AvgIpc) is 3.33. The van der Waals surface area contributed by atoms with Gasteiger partial charge in [-0.2, -0.15) is 0 Å². The van der Waals surface area contributed by atoms with E-state index >= 15 is 0 Å². The molecule has 1 N–H and O–H groups in total. The van der Waals surface area contributed by atoms with Crippen molar-refractivity contribution in [2.75, 3.05) is 0 Å². The smallest absolute Gasteiger partial charge is 0.294 e. The van der Waals surface area contributed by atoms with Crippen LogP contribution in [0.1, 0.15) is 41.3 Å². The molecule has 4 atom stereocenters. The second-order valence-corrected chi connectivity index (χ2v) is 8.53. The van der Waals surface area contributed by atoms with E-state index in [1.165, 1.54) is 13.1 Å². The van der Waals surface area contributed by atoms with E-state index in [0.717, 1.165) is 4.73 Å². The Labute approximate surface area is 201 Å². The summed E-state index contributed by atoms with van der Waals surface area (Å²) >= 11 is 5.95. The maximum absolute atomic E-state index is 12.2. The van der Waals surface area contributed by atoms with Crippen molar-refractivity contribution < 1.29 is 49.2 Å². The quantitative estimate of drug-likeness (QED) is 0.226. The fraction of sp³-hybridized carbons (Fsp3) is 0.400. The van der Waals surface area contributed by atoms with Gasteiger partial charge in [-0.05, 0) is 17.7 Å². The van der Waals surface area contributed by atoms with Gasteiger partial charge in [-0.25, -0.2) is 0 Å². The Bertz CT molecular complexity index is 1170. The molecule has 15 heteroatoms. The summed E-state index contributed by atoms with van der Waals surface area (Å²) in [7, 11) is 0. The number of aliphatic carboxylic acids is 1. The van der Waals surface area contributed by atoms with Gasteiger partial charge in [0.05, 0.1) is 18.1 Å². The van der Waals surface area contributed by atoms with Crippen LogP contribution in [0.5, 0.6) is 5.75 Å². The molecule has 186 valence electrons. The largest absolute Gasteiger partial charge is 0.546 e. The van der Waals surface area contributed by atoms with Gasteiger partial charge >= 0.3 is 0 Å². The molecule has 4 rings (SSSR count). The average molecular weight is 512 g/mol. The van der Waals surface area contributed by atoms with Crippen molar-refractivity contribution in [3.63, 3.8) is 0 Å². The highest BCUT2D eigenvalue weighted by Crippen LogP contribution is 2.44. The molecule has 1 saturated carbocycles. The molecule has 35 heavy (non-hydrogen) atoms. The predicted molar refractivity (Wildman–Crippen MR) is 108 cm³/mol. The van der Waals surface area contributed by atoms with E-state index in [1.807, 2.05) is 0 Å². The van der Waals surface area contributed by atoms with Crippen molar-refractivity contribution in [3.8, 4) is 5.75 Å². The summed E-state index contributed by atoms with van der Waals surface area (Å²) in [4.78, 5) is 42.8. The third kappa shape index (κ3) is 4.57. The lowest BCUT2D eigenvalue weighted by molar-refractivity contribution is -0.909. The van der Waals surface area contributed by atoms with Crippen molar-refractivity contribution in [2.45, 2.75) is 50.3 Å². The van der Waals surface area contributed by atoms with Crippen molar-refractivity contribution in [1.82, 2.24) is 0 Å².